The second-order valence-corrected chi connectivity index (χ2v) is 8.92. The van der Waals surface area contributed by atoms with Crippen LogP contribution in [-0.4, -0.2) is 45.2 Å². The molecule has 158 valence electrons. The molecule has 0 fully saturated rings. The van der Waals surface area contributed by atoms with E-state index in [1.807, 2.05) is 32.0 Å². The van der Waals surface area contributed by atoms with Crippen molar-refractivity contribution in [1.29, 1.82) is 0 Å². The highest BCUT2D eigenvalue weighted by Crippen LogP contribution is 2.27. The van der Waals surface area contributed by atoms with Gasteiger partial charge in [0.25, 0.3) is 0 Å². The number of halogens is 2. The van der Waals surface area contributed by atoms with E-state index in [2.05, 4.69) is 5.32 Å². The third kappa shape index (κ3) is 5.91. The lowest BCUT2D eigenvalue weighted by atomic mass is 10.1. The molecular weight excluding hydrogens is 417 g/mol. The second-order valence-electron chi connectivity index (χ2n) is 6.71. The highest BCUT2D eigenvalue weighted by Gasteiger charge is 2.25. The number of hydrogen-bond donors (Lipinski definition) is 1. The van der Waals surface area contributed by atoms with Crippen LogP contribution in [0.1, 0.15) is 18.9 Å². The summed E-state index contributed by atoms with van der Waals surface area (Å²) in [4.78, 5) is 13.5. The molecule has 1 amide bonds. The summed E-state index contributed by atoms with van der Waals surface area (Å²) in [5.41, 5.74) is 2.08. The van der Waals surface area contributed by atoms with Gasteiger partial charge in [-0.05, 0) is 54.4 Å². The molecule has 1 N–H and O–H groups in total. The van der Waals surface area contributed by atoms with Crippen LogP contribution in [-0.2, 0) is 21.4 Å². The van der Waals surface area contributed by atoms with Crippen LogP contribution in [0, 0.1) is 5.82 Å². The van der Waals surface area contributed by atoms with Crippen molar-refractivity contribution < 1.29 is 17.6 Å². The standard InChI is InChI=1S/C20H25ClFN3O3S/c1-4-11-25(29(27,28)18-8-5-16(22)6-9-18)14-15-12-17(23-20(26)13-21)7-10-19(15)24(2)3/h5-10,12H,4,11,13-14H2,1-3H3,(H,23,26). The van der Waals surface area contributed by atoms with Gasteiger partial charge in [-0.2, -0.15) is 4.31 Å². The number of benzene rings is 2. The topological polar surface area (TPSA) is 69.7 Å². The van der Waals surface area contributed by atoms with Gasteiger partial charge in [0, 0.05) is 38.6 Å². The van der Waals surface area contributed by atoms with Gasteiger partial charge in [0.1, 0.15) is 11.7 Å². The molecule has 0 aliphatic heterocycles. The molecule has 2 aromatic rings. The zero-order valence-electron chi connectivity index (χ0n) is 16.7. The zero-order valence-corrected chi connectivity index (χ0v) is 18.2. The maximum atomic E-state index is 13.2. The molecule has 29 heavy (non-hydrogen) atoms. The first-order valence-corrected chi connectivity index (χ1v) is 11.1. The van der Waals surface area contributed by atoms with Gasteiger partial charge in [-0.1, -0.05) is 6.92 Å². The Balaban J connectivity index is 2.43. The molecule has 0 spiro atoms. The third-order valence-corrected chi connectivity index (χ3v) is 6.34. The summed E-state index contributed by atoms with van der Waals surface area (Å²) in [6, 6.07) is 10.1. The van der Waals surface area contributed by atoms with Crippen LogP contribution in [0.25, 0.3) is 0 Å². The number of carbonyl (C=O) groups excluding carboxylic acids is 1. The number of alkyl halides is 1. The highest BCUT2D eigenvalue weighted by molar-refractivity contribution is 7.89. The number of rotatable bonds is 9. The first-order valence-electron chi connectivity index (χ1n) is 9.10. The average Bonchev–Trinajstić information content (AvgIpc) is 2.67. The van der Waals surface area contributed by atoms with Gasteiger partial charge in [-0.25, -0.2) is 12.8 Å². The van der Waals surface area contributed by atoms with Crippen molar-refractivity contribution in [2.75, 3.05) is 36.7 Å². The lowest BCUT2D eigenvalue weighted by Crippen LogP contribution is -2.32. The summed E-state index contributed by atoms with van der Waals surface area (Å²) in [6.07, 6.45) is 0.612. The molecule has 0 heterocycles. The molecule has 0 unspecified atom stereocenters. The number of nitrogens with one attached hydrogen (secondary N) is 1. The Morgan fingerprint density at radius 1 is 1.14 bits per heavy atom. The molecule has 6 nitrogen and oxygen atoms in total. The SMILES string of the molecule is CCCN(Cc1cc(NC(=O)CCl)ccc1N(C)C)S(=O)(=O)c1ccc(F)cc1. The largest absolute Gasteiger partial charge is 0.377 e. The molecule has 0 saturated carbocycles. The summed E-state index contributed by atoms with van der Waals surface area (Å²) in [5.74, 6) is -1.02. The minimum absolute atomic E-state index is 0.0327. The van der Waals surface area contributed by atoms with Gasteiger partial charge in [-0.3, -0.25) is 4.79 Å². The quantitative estimate of drug-likeness (QED) is 0.603. The fourth-order valence-electron chi connectivity index (χ4n) is 2.90. The molecule has 0 atom stereocenters. The maximum Gasteiger partial charge on any atom is 0.243 e. The van der Waals surface area contributed by atoms with Crippen molar-refractivity contribution in [2.45, 2.75) is 24.8 Å². The van der Waals surface area contributed by atoms with Crippen LogP contribution in [0.3, 0.4) is 0 Å². The summed E-state index contributed by atoms with van der Waals surface area (Å²) >= 11 is 5.55. The Bertz CT molecular complexity index is 950. The minimum Gasteiger partial charge on any atom is -0.377 e. The number of nitrogens with zero attached hydrogens (tertiary/aromatic N) is 2. The van der Waals surface area contributed by atoms with E-state index in [1.165, 1.54) is 16.4 Å². The van der Waals surface area contributed by atoms with Gasteiger partial charge < -0.3 is 10.2 Å². The van der Waals surface area contributed by atoms with E-state index in [0.717, 1.165) is 23.4 Å². The Kier molecular flexibility index (Phi) is 8.01. The summed E-state index contributed by atoms with van der Waals surface area (Å²) in [6.45, 7) is 2.29. The van der Waals surface area contributed by atoms with Gasteiger partial charge in [0.15, 0.2) is 0 Å². The average molecular weight is 442 g/mol. The van der Waals surface area contributed by atoms with Crippen LogP contribution < -0.4 is 10.2 Å². The van der Waals surface area contributed by atoms with Crippen molar-refractivity contribution >= 4 is 38.9 Å². The Morgan fingerprint density at radius 2 is 1.79 bits per heavy atom. The van der Waals surface area contributed by atoms with Crippen LogP contribution in [0.2, 0.25) is 0 Å². The fourth-order valence-corrected chi connectivity index (χ4v) is 4.48. The van der Waals surface area contributed by atoms with E-state index in [4.69, 9.17) is 11.6 Å². The Labute approximate surface area is 176 Å². The smallest absolute Gasteiger partial charge is 0.243 e. The number of amides is 1. The van der Waals surface area contributed by atoms with E-state index < -0.39 is 15.8 Å². The van der Waals surface area contributed by atoms with Gasteiger partial charge in [0.2, 0.25) is 15.9 Å². The summed E-state index contributed by atoms with van der Waals surface area (Å²) < 4.78 is 40.9. The van der Waals surface area contributed by atoms with Crippen molar-refractivity contribution in [1.82, 2.24) is 4.31 Å². The molecule has 2 rings (SSSR count). The number of sulfonamides is 1. The lowest BCUT2D eigenvalue weighted by Gasteiger charge is -2.25. The van der Waals surface area contributed by atoms with Crippen molar-refractivity contribution in [2.24, 2.45) is 0 Å². The first kappa shape index (κ1) is 23.1. The first-order chi connectivity index (χ1) is 13.7. The summed E-state index contributed by atoms with van der Waals surface area (Å²) in [7, 11) is -0.110. The van der Waals surface area contributed by atoms with E-state index in [-0.39, 0.29) is 23.2 Å². The molecule has 9 heteroatoms. The second kappa shape index (κ2) is 10.0. The molecule has 0 aliphatic carbocycles. The van der Waals surface area contributed by atoms with Crippen molar-refractivity contribution in [3.8, 4) is 0 Å². The van der Waals surface area contributed by atoms with Crippen LogP contribution in [0.4, 0.5) is 15.8 Å². The Morgan fingerprint density at radius 3 is 2.34 bits per heavy atom. The van der Waals surface area contributed by atoms with E-state index in [9.17, 15) is 17.6 Å². The van der Waals surface area contributed by atoms with E-state index >= 15 is 0 Å². The predicted molar refractivity (Wildman–Crippen MR) is 114 cm³/mol. The third-order valence-electron chi connectivity index (χ3n) is 4.24. The van der Waals surface area contributed by atoms with E-state index in [0.29, 0.717) is 18.7 Å². The van der Waals surface area contributed by atoms with Gasteiger partial charge in [0.05, 0.1) is 4.90 Å². The minimum atomic E-state index is -3.82. The van der Waals surface area contributed by atoms with Gasteiger partial charge in [-0.15, -0.1) is 11.6 Å². The predicted octanol–water partition coefficient (Wildman–Crippen LogP) is 3.67. The highest BCUT2D eigenvalue weighted by atomic mass is 35.5. The number of carbonyl (C=O) groups is 1. The lowest BCUT2D eigenvalue weighted by molar-refractivity contribution is -0.113. The maximum absolute atomic E-state index is 13.2. The molecule has 0 saturated heterocycles. The molecule has 2 aromatic carbocycles. The molecule has 0 bridgehead atoms. The van der Waals surface area contributed by atoms with Crippen LogP contribution in [0.15, 0.2) is 47.4 Å². The molecule has 0 aliphatic rings. The van der Waals surface area contributed by atoms with Crippen molar-refractivity contribution in [3.05, 3.63) is 53.8 Å². The number of anilines is 2. The zero-order chi connectivity index (χ0) is 21.6. The molecule has 0 aromatic heterocycles. The van der Waals surface area contributed by atoms with Crippen LogP contribution >= 0.6 is 11.6 Å². The molecule has 0 radical (unpaired) electrons. The summed E-state index contributed by atoms with van der Waals surface area (Å²) in [5, 5.41) is 2.68. The fraction of sp³-hybridized carbons (Fsp3) is 0.350. The Hall–Kier alpha value is -2.16. The van der Waals surface area contributed by atoms with Crippen molar-refractivity contribution in [3.63, 3.8) is 0 Å². The van der Waals surface area contributed by atoms with Gasteiger partial charge >= 0.3 is 0 Å². The van der Waals surface area contributed by atoms with E-state index in [1.54, 1.807) is 12.1 Å². The monoisotopic (exact) mass is 441 g/mol. The number of hydrogen-bond acceptors (Lipinski definition) is 4. The van der Waals surface area contributed by atoms with Crippen LogP contribution in [0.5, 0.6) is 0 Å². The normalized spacial score (nSPS) is 11.5. The molecular formula is C20H25ClFN3O3S.